The fourth-order valence-corrected chi connectivity index (χ4v) is 3.05. The van der Waals surface area contributed by atoms with Crippen molar-refractivity contribution in [2.75, 3.05) is 0 Å². The molecule has 0 radical (unpaired) electrons. The minimum Gasteiger partial charge on any atom is -0.288 e. The van der Waals surface area contributed by atoms with Crippen molar-refractivity contribution in [3.63, 3.8) is 0 Å². The van der Waals surface area contributed by atoms with Gasteiger partial charge in [-0.1, -0.05) is 53.0 Å². The number of aryl methyl sites for hydroxylation is 2. The standard InChI is InChI=1S/C15H11Cl3O/c1-8-4-3-5-9(2)13(8)15(19)14-11(17)6-10(16)7-12(14)18/h3-7H,1-2H3. The second kappa shape index (κ2) is 5.54. The van der Waals surface area contributed by atoms with E-state index >= 15 is 0 Å². The molecule has 98 valence electrons. The predicted molar refractivity (Wildman–Crippen MR) is 80.8 cm³/mol. The average Bonchev–Trinajstić information content (AvgIpc) is 2.26. The van der Waals surface area contributed by atoms with E-state index in [0.717, 1.165) is 11.1 Å². The predicted octanol–water partition coefficient (Wildman–Crippen LogP) is 5.49. The van der Waals surface area contributed by atoms with E-state index in [2.05, 4.69) is 0 Å². The van der Waals surface area contributed by atoms with Crippen molar-refractivity contribution in [1.82, 2.24) is 0 Å². The van der Waals surface area contributed by atoms with Crippen molar-refractivity contribution in [2.45, 2.75) is 13.8 Å². The van der Waals surface area contributed by atoms with Crippen LogP contribution in [0.5, 0.6) is 0 Å². The molecule has 19 heavy (non-hydrogen) atoms. The minimum atomic E-state index is -0.178. The van der Waals surface area contributed by atoms with E-state index in [0.29, 0.717) is 16.1 Å². The van der Waals surface area contributed by atoms with E-state index in [9.17, 15) is 4.79 Å². The van der Waals surface area contributed by atoms with Crippen LogP contribution in [0.1, 0.15) is 27.0 Å². The Morgan fingerprint density at radius 1 is 0.895 bits per heavy atom. The summed E-state index contributed by atoms with van der Waals surface area (Å²) in [5.74, 6) is -0.178. The summed E-state index contributed by atoms with van der Waals surface area (Å²) >= 11 is 18.0. The monoisotopic (exact) mass is 312 g/mol. The van der Waals surface area contributed by atoms with E-state index in [1.807, 2.05) is 32.0 Å². The first-order chi connectivity index (χ1) is 8.91. The number of hydrogen-bond acceptors (Lipinski definition) is 1. The van der Waals surface area contributed by atoms with E-state index in [4.69, 9.17) is 34.8 Å². The lowest BCUT2D eigenvalue weighted by Crippen LogP contribution is -2.07. The Hall–Kier alpha value is -1.02. The number of rotatable bonds is 2. The number of hydrogen-bond donors (Lipinski definition) is 0. The third-order valence-electron chi connectivity index (χ3n) is 2.94. The Labute approximate surface area is 127 Å². The number of ketones is 1. The van der Waals surface area contributed by atoms with Gasteiger partial charge >= 0.3 is 0 Å². The van der Waals surface area contributed by atoms with Gasteiger partial charge in [0.25, 0.3) is 0 Å². The molecule has 0 aliphatic rings. The smallest absolute Gasteiger partial charge is 0.196 e. The zero-order valence-corrected chi connectivity index (χ0v) is 12.7. The molecular formula is C15H11Cl3O. The van der Waals surface area contributed by atoms with Crippen LogP contribution in [0.2, 0.25) is 15.1 Å². The van der Waals surface area contributed by atoms with Crippen molar-refractivity contribution in [3.05, 3.63) is 67.7 Å². The Balaban J connectivity index is 2.64. The Kier molecular flexibility index (Phi) is 4.19. The summed E-state index contributed by atoms with van der Waals surface area (Å²) in [7, 11) is 0. The van der Waals surface area contributed by atoms with E-state index < -0.39 is 0 Å². The molecule has 2 aromatic rings. The maximum atomic E-state index is 12.6. The molecule has 0 saturated heterocycles. The molecule has 0 amide bonds. The zero-order chi connectivity index (χ0) is 14.2. The van der Waals surface area contributed by atoms with Gasteiger partial charge in [0.1, 0.15) is 0 Å². The molecular weight excluding hydrogens is 303 g/mol. The normalized spacial score (nSPS) is 10.6. The zero-order valence-electron chi connectivity index (χ0n) is 10.4. The molecule has 0 spiro atoms. The van der Waals surface area contributed by atoms with Crippen LogP contribution in [-0.2, 0) is 0 Å². The van der Waals surface area contributed by atoms with Crippen LogP contribution in [0.25, 0.3) is 0 Å². The second-order valence-corrected chi connectivity index (χ2v) is 5.59. The molecule has 1 nitrogen and oxygen atoms in total. The quantitative estimate of drug-likeness (QED) is 0.670. The Bertz CT molecular complexity index is 619. The van der Waals surface area contributed by atoms with Gasteiger partial charge in [0, 0.05) is 10.6 Å². The molecule has 0 saturated carbocycles. The van der Waals surface area contributed by atoms with E-state index in [1.165, 1.54) is 12.1 Å². The van der Waals surface area contributed by atoms with Gasteiger partial charge in [-0.05, 0) is 37.1 Å². The lowest BCUT2D eigenvalue weighted by molar-refractivity contribution is 0.103. The molecule has 0 bridgehead atoms. The highest BCUT2D eigenvalue weighted by molar-refractivity contribution is 6.43. The van der Waals surface area contributed by atoms with Crippen LogP contribution in [0.15, 0.2) is 30.3 Å². The summed E-state index contributed by atoms with van der Waals surface area (Å²) in [6, 6.07) is 8.73. The molecule has 0 N–H and O–H groups in total. The molecule has 4 heteroatoms. The van der Waals surface area contributed by atoms with Crippen LogP contribution in [0, 0.1) is 13.8 Å². The summed E-state index contributed by atoms with van der Waals surface area (Å²) in [6.45, 7) is 3.77. The summed E-state index contributed by atoms with van der Waals surface area (Å²) in [5, 5.41) is 0.948. The first kappa shape index (κ1) is 14.4. The highest BCUT2D eigenvalue weighted by atomic mass is 35.5. The lowest BCUT2D eigenvalue weighted by atomic mass is 9.95. The summed E-state index contributed by atoms with van der Waals surface area (Å²) in [4.78, 5) is 12.6. The highest BCUT2D eigenvalue weighted by Gasteiger charge is 2.20. The van der Waals surface area contributed by atoms with Crippen LogP contribution in [-0.4, -0.2) is 5.78 Å². The minimum absolute atomic E-state index is 0.178. The molecule has 0 aliphatic heterocycles. The van der Waals surface area contributed by atoms with Gasteiger partial charge in [-0.15, -0.1) is 0 Å². The van der Waals surface area contributed by atoms with Crippen molar-refractivity contribution in [2.24, 2.45) is 0 Å². The molecule has 2 aromatic carbocycles. The Morgan fingerprint density at radius 2 is 1.37 bits per heavy atom. The first-order valence-electron chi connectivity index (χ1n) is 5.67. The molecule has 0 heterocycles. The molecule has 0 aliphatic carbocycles. The third kappa shape index (κ3) is 2.79. The van der Waals surface area contributed by atoms with Gasteiger partial charge in [-0.25, -0.2) is 0 Å². The van der Waals surface area contributed by atoms with Crippen molar-refractivity contribution < 1.29 is 4.79 Å². The number of carbonyl (C=O) groups excluding carboxylic acids is 1. The molecule has 0 aromatic heterocycles. The summed E-state index contributed by atoms with van der Waals surface area (Å²) in [5.41, 5.74) is 2.72. The Morgan fingerprint density at radius 3 is 1.84 bits per heavy atom. The van der Waals surface area contributed by atoms with Gasteiger partial charge in [-0.3, -0.25) is 4.79 Å². The fraction of sp³-hybridized carbons (Fsp3) is 0.133. The fourth-order valence-electron chi connectivity index (χ4n) is 2.06. The first-order valence-corrected chi connectivity index (χ1v) is 6.80. The molecule has 0 fully saturated rings. The van der Waals surface area contributed by atoms with Crippen LogP contribution in [0.3, 0.4) is 0 Å². The van der Waals surface area contributed by atoms with Crippen LogP contribution >= 0.6 is 34.8 Å². The van der Waals surface area contributed by atoms with Crippen LogP contribution < -0.4 is 0 Å². The molecule has 0 atom stereocenters. The van der Waals surface area contributed by atoms with E-state index in [1.54, 1.807) is 0 Å². The SMILES string of the molecule is Cc1cccc(C)c1C(=O)c1c(Cl)cc(Cl)cc1Cl. The van der Waals surface area contributed by atoms with Crippen molar-refractivity contribution in [1.29, 1.82) is 0 Å². The van der Waals surface area contributed by atoms with Gasteiger partial charge in [0.05, 0.1) is 15.6 Å². The average molecular weight is 314 g/mol. The topological polar surface area (TPSA) is 17.1 Å². The number of carbonyl (C=O) groups is 1. The summed E-state index contributed by atoms with van der Waals surface area (Å²) < 4.78 is 0. The van der Waals surface area contributed by atoms with Gasteiger partial charge in [0.2, 0.25) is 0 Å². The van der Waals surface area contributed by atoms with Gasteiger partial charge < -0.3 is 0 Å². The van der Waals surface area contributed by atoms with E-state index in [-0.39, 0.29) is 15.8 Å². The van der Waals surface area contributed by atoms with Crippen LogP contribution in [0.4, 0.5) is 0 Å². The van der Waals surface area contributed by atoms with Gasteiger partial charge in [0.15, 0.2) is 5.78 Å². The van der Waals surface area contributed by atoms with Gasteiger partial charge in [-0.2, -0.15) is 0 Å². The largest absolute Gasteiger partial charge is 0.288 e. The third-order valence-corrected chi connectivity index (χ3v) is 3.76. The number of benzene rings is 2. The maximum Gasteiger partial charge on any atom is 0.196 e. The maximum absolute atomic E-state index is 12.6. The second-order valence-electron chi connectivity index (χ2n) is 4.34. The summed E-state index contributed by atoms with van der Waals surface area (Å²) in [6.07, 6.45) is 0. The lowest BCUT2D eigenvalue weighted by Gasteiger charge is -2.11. The van der Waals surface area contributed by atoms with Crippen molar-refractivity contribution in [3.8, 4) is 0 Å². The number of halogens is 3. The highest BCUT2D eigenvalue weighted by Crippen LogP contribution is 2.32. The molecule has 2 rings (SSSR count). The molecule has 0 unspecified atom stereocenters. The van der Waals surface area contributed by atoms with Crippen molar-refractivity contribution >= 4 is 40.6 Å².